The average molecular weight is 266 g/mol. The van der Waals surface area contributed by atoms with E-state index in [4.69, 9.17) is 0 Å². The van der Waals surface area contributed by atoms with E-state index in [0.29, 0.717) is 6.04 Å². The maximum atomic E-state index is 3.50. The van der Waals surface area contributed by atoms with Gasteiger partial charge in [0.1, 0.15) is 0 Å². The zero-order chi connectivity index (χ0) is 13.6. The molecule has 2 aliphatic rings. The van der Waals surface area contributed by atoms with E-state index < -0.39 is 0 Å². The molecule has 1 spiro atoms. The van der Waals surface area contributed by atoms with Crippen molar-refractivity contribution in [3.05, 3.63) is 0 Å². The third-order valence-corrected chi connectivity index (χ3v) is 5.28. The van der Waals surface area contributed by atoms with Crippen LogP contribution in [0.4, 0.5) is 0 Å². The quantitative estimate of drug-likeness (QED) is 0.705. The third kappa shape index (κ3) is 5.07. The Morgan fingerprint density at radius 3 is 2.26 bits per heavy atom. The fraction of sp³-hybridized carbons (Fsp3) is 1.00. The Labute approximate surface area is 120 Å². The maximum Gasteiger partial charge on any atom is 0.00103 e. The molecular weight excluding hydrogens is 232 g/mol. The predicted octanol–water partition coefficient (Wildman–Crippen LogP) is 3.81. The third-order valence-electron chi connectivity index (χ3n) is 5.28. The van der Waals surface area contributed by atoms with Crippen LogP contribution < -0.4 is 5.32 Å². The first kappa shape index (κ1) is 15.3. The summed E-state index contributed by atoms with van der Waals surface area (Å²) in [6.45, 7) is 9.76. The van der Waals surface area contributed by atoms with Crippen molar-refractivity contribution in [2.75, 3.05) is 26.2 Å². The monoisotopic (exact) mass is 266 g/mol. The minimum atomic E-state index is 0.643. The molecule has 1 aliphatic heterocycles. The Balaban J connectivity index is 1.49. The van der Waals surface area contributed by atoms with Gasteiger partial charge in [-0.3, -0.25) is 0 Å². The summed E-state index contributed by atoms with van der Waals surface area (Å²) >= 11 is 0. The van der Waals surface area contributed by atoms with Gasteiger partial charge in [-0.05, 0) is 70.1 Å². The van der Waals surface area contributed by atoms with Crippen LogP contribution in [0.2, 0.25) is 0 Å². The molecule has 2 fully saturated rings. The number of nitrogens with one attached hydrogen (secondary N) is 1. The number of hydrogen-bond acceptors (Lipinski definition) is 2. The van der Waals surface area contributed by atoms with E-state index in [1.807, 2.05) is 0 Å². The first-order valence-electron chi connectivity index (χ1n) is 8.66. The van der Waals surface area contributed by atoms with Gasteiger partial charge in [-0.1, -0.05) is 33.1 Å². The van der Waals surface area contributed by atoms with Crippen molar-refractivity contribution in [3.8, 4) is 0 Å². The fourth-order valence-corrected chi connectivity index (χ4v) is 3.90. The van der Waals surface area contributed by atoms with Crippen LogP contribution in [0, 0.1) is 5.41 Å². The highest BCUT2D eigenvalue weighted by molar-refractivity contribution is 4.89. The Morgan fingerprint density at radius 2 is 1.63 bits per heavy atom. The van der Waals surface area contributed by atoms with Crippen LogP contribution >= 0.6 is 0 Å². The lowest BCUT2D eigenvalue weighted by Crippen LogP contribution is -2.39. The molecule has 0 unspecified atom stereocenters. The Hall–Kier alpha value is -0.0800. The first-order valence-corrected chi connectivity index (χ1v) is 8.66. The zero-order valence-corrected chi connectivity index (χ0v) is 13.2. The molecule has 1 aliphatic carbocycles. The van der Waals surface area contributed by atoms with Gasteiger partial charge in [-0.15, -0.1) is 0 Å². The summed E-state index contributed by atoms with van der Waals surface area (Å²) in [6, 6.07) is 0.643. The van der Waals surface area contributed by atoms with E-state index in [-0.39, 0.29) is 0 Å². The molecule has 1 heterocycles. The second-order valence-corrected chi connectivity index (χ2v) is 7.22. The predicted molar refractivity (Wildman–Crippen MR) is 83.6 cm³/mol. The molecule has 0 aromatic heterocycles. The summed E-state index contributed by atoms with van der Waals surface area (Å²) in [5.74, 6) is 0. The lowest BCUT2D eigenvalue weighted by atomic mass is 9.77. The van der Waals surface area contributed by atoms with Gasteiger partial charge in [0.15, 0.2) is 0 Å². The number of piperidine rings is 1. The van der Waals surface area contributed by atoms with Crippen LogP contribution in [0.3, 0.4) is 0 Å². The minimum Gasteiger partial charge on any atom is -0.315 e. The highest BCUT2D eigenvalue weighted by atomic mass is 15.1. The first-order chi connectivity index (χ1) is 9.20. The van der Waals surface area contributed by atoms with Crippen molar-refractivity contribution < 1.29 is 0 Å². The van der Waals surface area contributed by atoms with Gasteiger partial charge in [0.25, 0.3) is 0 Å². The van der Waals surface area contributed by atoms with Crippen LogP contribution in [0.15, 0.2) is 0 Å². The van der Waals surface area contributed by atoms with Crippen LogP contribution in [0.25, 0.3) is 0 Å². The van der Waals surface area contributed by atoms with E-state index in [1.54, 1.807) is 0 Å². The van der Waals surface area contributed by atoms with Crippen molar-refractivity contribution in [2.24, 2.45) is 5.41 Å². The van der Waals surface area contributed by atoms with Crippen molar-refractivity contribution in [1.82, 2.24) is 10.2 Å². The molecular formula is C17H34N2. The standard InChI is InChI=1S/C17H34N2/c1-16(2)18-12-6-3-7-13-19-14-10-17(11-15-19)8-4-5-9-17/h16,18H,3-15H2,1-2H3. The molecule has 1 N–H and O–H groups in total. The van der Waals surface area contributed by atoms with Gasteiger partial charge in [0, 0.05) is 6.04 Å². The van der Waals surface area contributed by atoms with E-state index in [1.165, 1.54) is 84.0 Å². The fourth-order valence-electron chi connectivity index (χ4n) is 3.90. The van der Waals surface area contributed by atoms with Crippen LogP contribution in [-0.2, 0) is 0 Å². The highest BCUT2D eigenvalue weighted by Crippen LogP contribution is 2.46. The molecule has 2 nitrogen and oxygen atoms in total. The topological polar surface area (TPSA) is 15.3 Å². The molecule has 0 aromatic carbocycles. The molecule has 1 saturated heterocycles. The smallest absolute Gasteiger partial charge is 0.00103 e. The molecule has 19 heavy (non-hydrogen) atoms. The number of nitrogens with zero attached hydrogens (tertiary/aromatic N) is 1. The Bertz CT molecular complexity index is 234. The van der Waals surface area contributed by atoms with Gasteiger partial charge in [0.2, 0.25) is 0 Å². The SMILES string of the molecule is CC(C)NCCCCCN1CCC2(CCCC2)CC1. The second-order valence-electron chi connectivity index (χ2n) is 7.22. The molecule has 2 rings (SSSR count). The molecule has 112 valence electrons. The molecule has 0 atom stereocenters. The molecule has 0 amide bonds. The normalized spacial score (nSPS) is 23.5. The van der Waals surface area contributed by atoms with E-state index in [2.05, 4.69) is 24.1 Å². The Kier molecular flexibility index (Phi) is 6.15. The average Bonchev–Trinajstić information content (AvgIpc) is 2.84. The minimum absolute atomic E-state index is 0.643. The Morgan fingerprint density at radius 1 is 0.947 bits per heavy atom. The number of hydrogen-bond donors (Lipinski definition) is 1. The molecule has 0 aromatic rings. The van der Waals surface area contributed by atoms with Crippen LogP contribution in [0.5, 0.6) is 0 Å². The highest BCUT2D eigenvalue weighted by Gasteiger charge is 2.36. The van der Waals surface area contributed by atoms with Gasteiger partial charge in [-0.25, -0.2) is 0 Å². The molecule has 1 saturated carbocycles. The number of rotatable bonds is 7. The summed E-state index contributed by atoms with van der Waals surface area (Å²) in [5.41, 5.74) is 0.789. The maximum absolute atomic E-state index is 3.50. The van der Waals surface area contributed by atoms with Crippen LogP contribution in [0.1, 0.15) is 71.6 Å². The van der Waals surface area contributed by atoms with Gasteiger partial charge in [-0.2, -0.15) is 0 Å². The van der Waals surface area contributed by atoms with Crippen LogP contribution in [-0.4, -0.2) is 37.1 Å². The lowest BCUT2D eigenvalue weighted by Gasteiger charge is -2.39. The summed E-state index contributed by atoms with van der Waals surface area (Å²) < 4.78 is 0. The van der Waals surface area contributed by atoms with Crippen molar-refractivity contribution in [3.63, 3.8) is 0 Å². The van der Waals surface area contributed by atoms with Crippen molar-refractivity contribution in [2.45, 2.75) is 77.7 Å². The molecule has 0 radical (unpaired) electrons. The van der Waals surface area contributed by atoms with Gasteiger partial charge in [0.05, 0.1) is 0 Å². The lowest BCUT2D eigenvalue weighted by molar-refractivity contribution is 0.107. The van der Waals surface area contributed by atoms with Crippen molar-refractivity contribution >= 4 is 0 Å². The summed E-state index contributed by atoms with van der Waals surface area (Å²) in [4.78, 5) is 2.72. The van der Waals surface area contributed by atoms with Crippen molar-refractivity contribution in [1.29, 1.82) is 0 Å². The van der Waals surface area contributed by atoms with Gasteiger partial charge < -0.3 is 10.2 Å². The van der Waals surface area contributed by atoms with Gasteiger partial charge >= 0.3 is 0 Å². The molecule has 0 bridgehead atoms. The number of likely N-dealkylation sites (tertiary alicyclic amines) is 1. The van der Waals surface area contributed by atoms with E-state index in [0.717, 1.165) is 5.41 Å². The summed E-state index contributed by atoms with van der Waals surface area (Å²) in [7, 11) is 0. The number of unbranched alkanes of at least 4 members (excludes halogenated alkanes) is 2. The second kappa shape index (κ2) is 7.64. The molecule has 2 heteroatoms. The van der Waals surface area contributed by atoms with E-state index in [9.17, 15) is 0 Å². The largest absolute Gasteiger partial charge is 0.315 e. The summed E-state index contributed by atoms with van der Waals surface area (Å²) in [5, 5.41) is 3.50. The summed E-state index contributed by atoms with van der Waals surface area (Å²) in [6.07, 6.45) is 13.2. The van der Waals surface area contributed by atoms with E-state index >= 15 is 0 Å². The zero-order valence-electron chi connectivity index (χ0n) is 13.2.